The van der Waals surface area contributed by atoms with E-state index in [1.54, 1.807) is 0 Å². The molecular weight excluding hydrogens is 277 g/mol. The van der Waals surface area contributed by atoms with Crippen molar-refractivity contribution >= 4 is 18.9 Å². The molecule has 1 aromatic rings. The second-order valence-corrected chi connectivity index (χ2v) is 6.76. The molecule has 1 aliphatic rings. The van der Waals surface area contributed by atoms with Gasteiger partial charge in [0, 0.05) is 12.2 Å². The van der Waals surface area contributed by atoms with Crippen molar-refractivity contribution in [3.63, 3.8) is 0 Å². The van der Waals surface area contributed by atoms with Crippen molar-refractivity contribution in [3.8, 4) is 0 Å². The Balaban J connectivity index is 2.35. The maximum atomic E-state index is 6.12. The van der Waals surface area contributed by atoms with Crippen molar-refractivity contribution in [1.82, 2.24) is 10.3 Å². The minimum Gasteiger partial charge on any atom is -0.400 e. The van der Waals surface area contributed by atoms with Gasteiger partial charge in [-0.05, 0) is 65.3 Å². The molecule has 5 nitrogen and oxygen atoms in total. The van der Waals surface area contributed by atoms with Crippen LogP contribution in [-0.4, -0.2) is 36.9 Å². The molecule has 1 aliphatic heterocycles. The summed E-state index contributed by atoms with van der Waals surface area (Å²) in [7, 11) is 1.49. The summed E-state index contributed by atoms with van der Waals surface area (Å²) in [6, 6.07) is 3.77. The van der Waals surface area contributed by atoms with Crippen LogP contribution in [0.1, 0.15) is 39.1 Å². The fourth-order valence-electron chi connectivity index (χ4n) is 2.28. The fraction of sp³-hybridized carbons (Fsp3) is 0.562. The number of aryl methyl sites for hydroxylation is 1. The Bertz CT molecular complexity index is 569. The largest absolute Gasteiger partial charge is 0.491 e. The number of hydrogen-bond acceptors (Lipinski definition) is 5. The van der Waals surface area contributed by atoms with Crippen LogP contribution in [0.15, 0.2) is 17.6 Å². The van der Waals surface area contributed by atoms with Gasteiger partial charge in [0.1, 0.15) is 0 Å². The monoisotopic (exact) mass is 303 g/mol. The number of nitrogen functional groups attached to an aromatic ring is 1. The predicted molar refractivity (Wildman–Crippen MR) is 91.4 cm³/mol. The zero-order chi connectivity index (χ0) is 16.5. The van der Waals surface area contributed by atoms with E-state index < -0.39 is 7.12 Å². The highest BCUT2D eigenvalue weighted by atomic mass is 16.7. The van der Waals surface area contributed by atoms with Crippen molar-refractivity contribution < 1.29 is 9.31 Å². The SMILES string of the molecule is CNCC(=Cc1nc(C)ccc1N)B1OC(C)(C)C(C)(C)O1. The Hall–Kier alpha value is -1.37. The number of likely N-dealkylation sites (N-methyl/N-ethyl adjacent to an activating group) is 1. The van der Waals surface area contributed by atoms with Gasteiger partial charge in [0.15, 0.2) is 0 Å². The number of anilines is 1. The lowest BCUT2D eigenvalue weighted by Gasteiger charge is -2.32. The van der Waals surface area contributed by atoms with Crippen molar-refractivity contribution in [1.29, 1.82) is 0 Å². The molecule has 1 aromatic heterocycles. The second-order valence-electron chi connectivity index (χ2n) is 6.76. The minimum absolute atomic E-state index is 0.365. The van der Waals surface area contributed by atoms with Gasteiger partial charge in [-0.2, -0.15) is 0 Å². The summed E-state index contributed by atoms with van der Waals surface area (Å²) in [5.41, 5.74) is 8.61. The Labute approximate surface area is 133 Å². The van der Waals surface area contributed by atoms with Gasteiger partial charge in [0.05, 0.1) is 22.6 Å². The number of hydrogen-bond donors (Lipinski definition) is 2. The zero-order valence-corrected chi connectivity index (χ0v) is 14.4. The molecule has 6 heteroatoms. The van der Waals surface area contributed by atoms with Gasteiger partial charge in [0.2, 0.25) is 0 Å². The van der Waals surface area contributed by atoms with Crippen LogP contribution < -0.4 is 11.1 Å². The van der Waals surface area contributed by atoms with Crippen LogP contribution in [0.5, 0.6) is 0 Å². The summed E-state index contributed by atoms with van der Waals surface area (Å²) in [6.07, 6.45) is 1.96. The van der Waals surface area contributed by atoms with Crippen molar-refractivity contribution in [2.24, 2.45) is 0 Å². The summed E-state index contributed by atoms with van der Waals surface area (Å²) in [5, 5.41) is 3.16. The molecule has 0 aromatic carbocycles. The molecule has 1 saturated heterocycles. The Morgan fingerprint density at radius 1 is 1.27 bits per heavy atom. The van der Waals surface area contributed by atoms with E-state index in [0.717, 1.165) is 16.9 Å². The maximum absolute atomic E-state index is 6.12. The number of aromatic nitrogens is 1. The van der Waals surface area contributed by atoms with Gasteiger partial charge in [-0.25, -0.2) is 0 Å². The molecule has 0 radical (unpaired) electrons. The summed E-state index contributed by atoms with van der Waals surface area (Å²) in [6.45, 7) is 10.8. The summed E-state index contributed by atoms with van der Waals surface area (Å²) >= 11 is 0. The topological polar surface area (TPSA) is 69.4 Å². The zero-order valence-electron chi connectivity index (χ0n) is 14.4. The maximum Gasteiger partial charge on any atom is 0.491 e. The standard InChI is InChI=1S/C16H26BN3O2/c1-11-7-8-13(18)14(20-11)9-12(10-19-6)17-21-15(2,3)16(4,5)22-17/h7-9,19H,10,18H2,1-6H3. The third-order valence-electron chi connectivity index (χ3n) is 4.36. The van der Waals surface area contributed by atoms with Crippen LogP contribution in [0, 0.1) is 6.92 Å². The van der Waals surface area contributed by atoms with Gasteiger partial charge < -0.3 is 20.4 Å². The van der Waals surface area contributed by atoms with Gasteiger partial charge in [-0.3, -0.25) is 4.98 Å². The summed E-state index contributed by atoms with van der Waals surface area (Å²) in [4.78, 5) is 4.50. The molecule has 0 atom stereocenters. The average Bonchev–Trinajstić information content (AvgIpc) is 2.62. The molecule has 2 heterocycles. The van der Waals surface area contributed by atoms with E-state index in [1.165, 1.54) is 0 Å². The van der Waals surface area contributed by atoms with Crippen LogP contribution in [0.4, 0.5) is 5.69 Å². The minimum atomic E-state index is -0.404. The first kappa shape index (κ1) is 17.0. The molecule has 0 aliphatic carbocycles. The number of nitrogens with zero attached hydrogens (tertiary/aromatic N) is 1. The first-order valence-corrected chi connectivity index (χ1v) is 7.60. The molecule has 0 bridgehead atoms. The van der Waals surface area contributed by atoms with E-state index in [9.17, 15) is 0 Å². The molecule has 120 valence electrons. The Kier molecular flexibility index (Phi) is 4.66. The lowest BCUT2D eigenvalue weighted by atomic mass is 9.77. The fourth-order valence-corrected chi connectivity index (χ4v) is 2.28. The van der Waals surface area contributed by atoms with E-state index in [0.29, 0.717) is 12.2 Å². The molecule has 0 spiro atoms. The van der Waals surface area contributed by atoms with Gasteiger partial charge in [0.25, 0.3) is 0 Å². The third kappa shape index (κ3) is 3.34. The first-order valence-electron chi connectivity index (χ1n) is 7.60. The van der Waals surface area contributed by atoms with Gasteiger partial charge in [-0.15, -0.1) is 0 Å². The highest BCUT2D eigenvalue weighted by molar-refractivity contribution is 6.56. The van der Waals surface area contributed by atoms with Crippen molar-refractivity contribution in [2.45, 2.75) is 45.8 Å². The highest BCUT2D eigenvalue weighted by Gasteiger charge is 2.52. The molecule has 22 heavy (non-hydrogen) atoms. The number of nitrogens with one attached hydrogen (secondary N) is 1. The average molecular weight is 303 g/mol. The first-order chi connectivity index (χ1) is 10.2. The molecule has 0 unspecified atom stereocenters. The molecule has 1 fully saturated rings. The Morgan fingerprint density at radius 3 is 2.41 bits per heavy atom. The van der Waals surface area contributed by atoms with Crippen LogP contribution >= 0.6 is 0 Å². The third-order valence-corrected chi connectivity index (χ3v) is 4.36. The summed E-state index contributed by atoms with van der Waals surface area (Å²) in [5.74, 6) is 0. The smallest absolute Gasteiger partial charge is 0.400 e. The summed E-state index contributed by atoms with van der Waals surface area (Å²) < 4.78 is 12.2. The quantitative estimate of drug-likeness (QED) is 0.835. The van der Waals surface area contributed by atoms with E-state index >= 15 is 0 Å². The molecule has 0 amide bonds. The van der Waals surface area contributed by atoms with Crippen LogP contribution in [0.2, 0.25) is 0 Å². The van der Waals surface area contributed by atoms with E-state index in [-0.39, 0.29) is 11.2 Å². The Morgan fingerprint density at radius 2 is 1.86 bits per heavy atom. The molecule has 2 rings (SSSR count). The predicted octanol–water partition coefficient (Wildman–Crippen LogP) is 2.21. The van der Waals surface area contributed by atoms with Crippen LogP contribution in [0.3, 0.4) is 0 Å². The highest BCUT2D eigenvalue weighted by Crippen LogP contribution is 2.38. The normalized spacial score (nSPS) is 20.5. The number of pyridine rings is 1. The lowest BCUT2D eigenvalue weighted by Crippen LogP contribution is -2.41. The molecule has 0 saturated carbocycles. The van der Waals surface area contributed by atoms with Gasteiger partial charge >= 0.3 is 7.12 Å². The van der Waals surface area contributed by atoms with E-state index in [4.69, 9.17) is 15.0 Å². The van der Waals surface area contributed by atoms with Crippen LogP contribution in [-0.2, 0) is 9.31 Å². The second kappa shape index (κ2) is 6.03. The molecule has 3 N–H and O–H groups in total. The van der Waals surface area contributed by atoms with E-state index in [1.807, 2.05) is 59.9 Å². The van der Waals surface area contributed by atoms with Crippen molar-refractivity contribution in [2.75, 3.05) is 19.3 Å². The van der Waals surface area contributed by atoms with E-state index in [2.05, 4.69) is 10.3 Å². The van der Waals surface area contributed by atoms with Gasteiger partial charge in [-0.1, -0.05) is 0 Å². The lowest BCUT2D eigenvalue weighted by molar-refractivity contribution is 0.00578. The molecular formula is C16H26BN3O2. The number of rotatable bonds is 4. The van der Waals surface area contributed by atoms with Crippen LogP contribution in [0.25, 0.3) is 6.08 Å². The number of nitrogens with two attached hydrogens (primary N) is 1. The van der Waals surface area contributed by atoms with Crippen molar-refractivity contribution in [3.05, 3.63) is 29.0 Å².